The molecule has 1 aliphatic rings. The molecule has 0 spiro atoms. The van der Waals surface area contributed by atoms with E-state index in [1.54, 1.807) is 6.92 Å². The fourth-order valence-corrected chi connectivity index (χ4v) is 3.47. The average molecular weight is 247 g/mol. The van der Waals surface area contributed by atoms with Gasteiger partial charge in [-0.2, -0.15) is 0 Å². The van der Waals surface area contributed by atoms with Crippen LogP contribution in [0, 0.1) is 5.92 Å². The van der Waals surface area contributed by atoms with Gasteiger partial charge in [0.25, 0.3) is 0 Å². The first-order valence-corrected chi connectivity index (χ1v) is 8.21. The van der Waals surface area contributed by atoms with Crippen LogP contribution in [0.3, 0.4) is 0 Å². The Balaban J connectivity index is 2.32. The van der Waals surface area contributed by atoms with Gasteiger partial charge in [-0.3, -0.25) is 0 Å². The summed E-state index contributed by atoms with van der Waals surface area (Å²) in [6.07, 6.45) is 4.92. The summed E-state index contributed by atoms with van der Waals surface area (Å²) in [7, 11) is -2.84. The number of sulfone groups is 1. The SMILES string of the molecule is CCS(=O)(=O)CC(C)NC1CCC(C)CC1. The van der Waals surface area contributed by atoms with Gasteiger partial charge in [0, 0.05) is 17.8 Å². The first kappa shape index (κ1) is 14.0. The summed E-state index contributed by atoms with van der Waals surface area (Å²) in [5, 5.41) is 3.45. The fourth-order valence-electron chi connectivity index (χ4n) is 2.38. The van der Waals surface area contributed by atoms with E-state index in [9.17, 15) is 8.42 Å². The Hall–Kier alpha value is -0.0900. The van der Waals surface area contributed by atoms with Gasteiger partial charge in [0.05, 0.1) is 5.75 Å². The minimum Gasteiger partial charge on any atom is -0.310 e. The second kappa shape index (κ2) is 6.01. The van der Waals surface area contributed by atoms with Crippen LogP contribution in [0.1, 0.15) is 46.5 Å². The van der Waals surface area contributed by atoms with Crippen molar-refractivity contribution in [2.24, 2.45) is 5.92 Å². The first-order chi connectivity index (χ1) is 7.43. The molecule has 0 amide bonds. The van der Waals surface area contributed by atoms with E-state index in [1.807, 2.05) is 6.92 Å². The molecule has 1 aliphatic carbocycles. The number of hydrogen-bond acceptors (Lipinski definition) is 3. The van der Waals surface area contributed by atoms with E-state index < -0.39 is 9.84 Å². The molecule has 1 rings (SSSR count). The van der Waals surface area contributed by atoms with Gasteiger partial charge in [-0.15, -0.1) is 0 Å². The van der Waals surface area contributed by atoms with Crippen LogP contribution < -0.4 is 5.32 Å². The summed E-state index contributed by atoms with van der Waals surface area (Å²) in [6, 6.07) is 0.613. The summed E-state index contributed by atoms with van der Waals surface area (Å²) >= 11 is 0. The van der Waals surface area contributed by atoms with Gasteiger partial charge in [0.15, 0.2) is 9.84 Å². The molecule has 0 heterocycles. The average Bonchev–Trinajstić information content (AvgIpc) is 2.21. The Morgan fingerprint density at radius 3 is 2.31 bits per heavy atom. The van der Waals surface area contributed by atoms with Crippen molar-refractivity contribution in [2.45, 2.75) is 58.5 Å². The third kappa shape index (κ3) is 4.83. The van der Waals surface area contributed by atoms with Crippen molar-refractivity contribution in [1.82, 2.24) is 5.32 Å². The summed E-state index contributed by atoms with van der Waals surface area (Å²) in [5.74, 6) is 1.36. The normalized spacial score (nSPS) is 28.9. The molecule has 0 bridgehead atoms. The predicted octanol–water partition coefficient (Wildman–Crippen LogP) is 1.98. The van der Waals surface area contributed by atoms with Crippen molar-refractivity contribution in [3.8, 4) is 0 Å². The Bertz CT molecular complexity index is 292. The lowest BCUT2D eigenvalue weighted by molar-refractivity contribution is 0.295. The zero-order valence-electron chi connectivity index (χ0n) is 10.7. The van der Waals surface area contributed by atoms with Crippen molar-refractivity contribution in [1.29, 1.82) is 0 Å². The third-order valence-corrected chi connectivity index (χ3v) is 5.37. The number of hydrogen-bond donors (Lipinski definition) is 1. The van der Waals surface area contributed by atoms with Crippen molar-refractivity contribution < 1.29 is 8.42 Å². The molecule has 4 heteroatoms. The van der Waals surface area contributed by atoms with Crippen LogP contribution in [-0.2, 0) is 9.84 Å². The van der Waals surface area contributed by atoms with Gasteiger partial charge in [-0.1, -0.05) is 13.8 Å². The Labute approximate surface area is 99.9 Å². The quantitative estimate of drug-likeness (QED) is 0.808. The van der Waals surface area contributed by atoms with Gasteiger partial charge >= 0.3 is 0 Å². The molecule has 0 aromatic rings. The molecule has 3 nitrogen and oxygen atoms in total. The fraction of sp³-hybridized carbons (Fsp3) is 1.00. The summed E-state index contributed by atoms with van der Waals surface area (Å²) in [4.78, 5) is 0. The maximum absolute atomic E-state index is 11.5. The predicted molar refractivity (Wildman–Crippen MR) is 68.3 cm³/mol. The monoisotopic (exact) mass is 247 g/mol. The van der Waals surface area contributed by atoms with Crippen LogP contribution >= 0.6 is 0 Å². The topological polar surface area (TPSA) is 46.2 Å². The Kier molecular flexibility index (Phi) is 5.25. The lowest BCUT2D eigenvalue weighted by Crippen LogP contribution is -2.42. The van der Waals surface area contributed by atoms with E-state index in [1.165, 1.54) is 25.7 Å². The smallest absolute Gasteiger partial charge is 0.151 e. The van der Waals surface area contributed by atoms with Gasteiger partial charge in [-0.25, -0.2) is 8.42 Å². The van der Waals surface area contributed by atoms with Crippen LogP contribution in [0.25, 0.3) is 0 Å². The zero-order valence-corrected chi connectivity index (χ0v) is 11.5. The zero-order chi connectivity index (χ0) is 12.2. The molecule has 0 aromatic carbocycles. The highest BCUT2D eigenvalue weighted by molar-refractivity contribution is 7.91. The van der Waals surface area contributed by atoms with Crippen molar-refractivity contribution >= 4 is 9.84 Å². The molecule has 0 aliphatic heterocycles. The lowest BCUT2D eigenvalue weighted by Gasteiger charge is -2.29. The molecule has 0 saturated heterocycles. The van der Waals surface area contributed by atoms with Crippen molar-refractivity contribution in [3.05, 3.63) is 0 Å². The maximum Gasteiger partial charge on any atom is 0.151 e. The molecular formula is C12H25NO2S. The molecule has 0 aromatic heterocycles. The molecule has 0 radical (unpaired) electrons. The molecule has 96 valence electrons. The minimum absolute atomic E-state index is 0.0864. The second-order valence-corrected chi connectivity index (χ2v) is 7.62. The van der Waals surface area contributed by atoms with Crippen LogP contribution in [-0.4, -0.2) is 32.0 Å². The van der Waals surface area contributed by atoms with E-state index in [0.29, 0.717) is 6.04 Å². The Morgan fingerprint density at radius 1 is 1.25 bits per heavy atom. The van der Waals surface area contributed by atoms with E-state index in [0.717, 1.165) is 5.92 Å². The molecule has 16 heavy (non-hydrogen) atoms. The highest BCUT2D eigenvalue weighted by Gasteiger charge is 2.21. The minimum atomic E-state index is -2.84. The van der Waals surface area contributed by atoms with Crippen LogP contribution in [0.4, 0.5) is 0 Å². The molecule has 1 N–H and O–H groups in total. The standard InChI is InChI=1S/C12H25NO2S/c1-4-16(14,15)9-11(3)13-12-7-5-10(2)6-8-12/h10-13H,4-9H2,1-3H3. The van der Waals surface area contributed by atoms with Gasteiger partial charge in [-0.05, 0) is 38.5 Å². The third-order valence-electron chi connectivity index (χ3n) is 3.48. The van der Waals surface area contributed by atoms with Crippen LogP contribution in [0.2, 0.25) is 0 Å². The van der Waals surface area contributed by atoms with Gasteiger partial charge < -0.3 is 5.32 Å². The molecule has 1 fully saturated rings. The van der Waals surface area contributed by atoms with Crippen LogP contribution in [0.5, 0.6) is 0 Å². The number of nitrogens with one attached hydrogen (secondary N) is 1. The van der Waals surface area contributed by atoms with Gasteiger partial charge in [0.2, 0.25) is 0 Å². The summed E-state index contributed by atoms with van der Waals surface area (Å²) in [6.45, 7) is 5.98. The Morgan fingerprint density at radius 2 is 1.81 bits per heavy atom. The van der Waals surface area contributed by atoms with Crippen molar-refractivity contribution in [2.75, 3.05) is 11.5 Å². The largest absolute Gasteiger partial charge is 0.310 e. The number of rotatable bonds is 5. The molecular weight excluding hydrogens is 222 g/mol. The summed E-state index contributed by atoms with van der Waals surface area (Å²) in [5.41, 5.74) is 0. The highest BCUT2D eigenvalue weighted by atomic mass is 32.2. The van der Waals surface area contributed by atoms with Crippen molar-refractivity contribution in [3.63, 3.8) is 0 Å². The molecule has 1 atom stereocenters. The highest BCUT2D eigenvalue weighted by Crippen LogP contribution is 2.23. The van der Waals surface area contributed by atoms with Gasteiger partial charge in [0.1, 0.15) is 0 Å². The van der Waals surface area contributed by atoms with E-state index in [4.69, 9.17) is 0 Å². The lowest BCUT2D eigenvalue weighted by atomic mass is 9.87. The second-order valence-electron chi connectivity index (χ2n) is 5.22. The van der Waals surface area contributed by atoms with E-state index >= 15 is 0 Å². The molecule has 1 saturated carbocycles. The van der Waals surface area contributed by atoms with Crippen LogP contribution in [0.15, 0.2) is 0 Å². The van der Waals surface area contributed by atoms with E-state index in [-0.39, 0.29) is 17.5 Å². The summed E-state index contributed by atoms with van der Waals surface area (Å²) < 4.78 is 22.9. The molecule has 1 unspecified atom stereocenters. The van der Waals surface area contributed by atoms with E-state index in [2.05, 4.69) is 12.2 Å². The first-order valence-electron chi connectivity index (χ1n) is 6.39. The maximum atomic E-state index is 11.5.